The van der Waals surface area contributed by atoms with Crippen molar-refractivity contribution in [1.29, 1.82) is 0 Å². The van der Waals surface area contributed by atoms with Crippen molar-refractivity contribution in [2.75, 3.05) is 0 Å². The minimum atomic E-state index is 0.365. The molecule has 6 heteroatoms. The van der Waals surface area contributed by atoms with E-state index in [2.05, 4.69) is 24.0 Å². The van der Waals surface area contributed by atoms with Crippen molar-refractivity contribution in [2.24, 2.45) is 5.73 Å². The summed E-state index contributed by atoms with van der Waals surface area (Å²) in [4.78, 5) is 4.27. The molecule has 0 saturated carbocycles. The highest BCUT2D eigenvalue weighted by atomic mass is 32.2. The minimum absolute atomic E-state index is 0.365. The van der Waals surface area contributed by atoms with Crippen LogP contribution in [-0.2, 0) is 12.3 Å². The molecule has 2 heterocycles. The van der Waals surface area contributed by atoms with E-state index in [-0.39, 0.29) is 0 Å². The van der Waals surface area contributed by atoms with Crippen molar-refractivity contribution < 1.29 is 8.94 Å². The second kappa shape index (κ2) is 5.37. The van der Waals surface area contributed by atoms with Gasteiger partial charge in [-0.05, 0) is 17.4 Å². The normalized spacial score (nSPS) is 11.3. The molecule has 92 valence electrons. The topological polar surface area (TPSA) is 78.1 Å². The van der Waals surface area contributed by atoms with Crippen molar-refractivity contribution >= 4 is 11.8 Å². The van der Waals surface area contributed by atoms with Gasteiger partial charge in [-0.3, -0.25) is 0 Å². The molecule has 0 aliphatic rings. The molecule has 2 aromatic heterocycles. The molecule has 0 aliphatic carbocycles. The number of aromatic nitrogens is 2. The van der Waals surface area contributed by atoms with E-state index in [0.717, 1.165) is 5.75 Å². The molecule has 0 aliphatic heterocycles. The van der Waals surface area contributed by atoms with E-state index in [4.69, 9.17) is 14.7 Å². The molecule has 0 aromatic carbocycles. The summed E-state index contributed by atoms with van der Waals surface area (Å²) >= 11 is 1.77. The third-order valence-corrected chi connectivity index (χ3v) is 3.18. The largest absolute Gasteiger partial charge is 0.455 e. The lowest BCUT2D eigenvalue weighted by Crippen LogP contribution is -1.92. The molecule has 0 unspecified atom stereocenters. The Bertz CT molecular complexity index is 479. The van der Waals surface area contributed by atoms with Gasteiger partial charge in [0.05, 0.1) is 12.3 Å². The maximum absolute atomic E-state index is 5.46. The first-order chi connectivity index (χ1) is 8.19. The summed E-state index contributed by atoms with van der Waals surface area (Å²) in [7, 11) is 0. The second-order valence-corrected chi connectivity index (χ2v) is 5.41. The predicted octanol–water partition coefficient (Wildman–Crippen LogP) is 2.43. The maximum Gasteiger partial charge on any atom is 0.293 e. The number of furan rings is 1. The Morgan fingerprint density at radius 2 is 2.24 bits per heavy atom. The summed E-state index contributed by atoms with van der Waals surface area (Å²) in [6.07, 6.45) is 0. The summed E-state index contributed by atoms with van der Waals surface area (Å²) < 4.78 is 10.6. The first kappa shape index (κ1) is 12.2. The van der Waals surface area contributed by atoms with Crippen molar-refractivity contribution in [1.82, 2.24) is 10.1 Å². The van der Waals surface area contributed by atoms with Gasteiger partial charge in [0.25, 0.3) is 5.89 Å². The van der Waals surface area contributed by atoms with Gasteiger partial charge in [0, 0.05) is 0 Å². The highest BCUT2D eigenvalue weighted by Gasteiger charge is 2.12. The van der Waals surface area contributed by atoms with Crippen LogP contribution in [0.5, 0.6) is 0 Å². The number of hydrogen-bond donors (Lipinski definition) is 1. The minimum Gasteiger partial charge on any atom is -0.455 e. The molecule has 0 bridgehead atoms. The standard InChI is InChI=1S/C11H15N3O2S/c1-7(2)17-6-10-13-11(16-14-10)9-4-3-8(5-12)15-9/h3-4,7H,5-6,12H2,1-2H3. The van der Waals surface area contributed by atoms with Crippen LogP contribution in [0.4, 0.5) is 0 Å². The summed E-state index contributed by atoms with van der Waals surface area (Å²) in [6.45, 7) is 4.63. The van der Waals surface area contributed by atoms with E-state index in [1.807, 2.05) is 6.07 Å². The number of nitrogens with zero attached hydrogens (tertiary/aromatic N) is 2. The fraction of sp³-hybridized carbons (Fsp3) is 0.455. The van der Waals surface area contributed by atoms with Crippen molar-refractivity contribution in [2.45, 2.75) is 31.4 Å². The SMILES string of the molecule is CC(C)SCc1noc(-c2ccc(CN)o2)n1. The van der Waals surface area contributed by atoms with Crippen molar-refractivity contribution in [3.63, 3.8) is 0 Å². The summed E-state index contributed by atoms with van der Waals surface area (Å²) in [5.74, 6) is 3.11. The summed E-state index contributed by atoms with van der Waals surface area (Å²) in [5.41, 5.74) is 5.46. The lowest BCUT2D eigenvalue weighted by Gasteiger charge is -1.98. The first-order valence-electron chi connectivity index (χ1n) is 5.42. The Hall–Kier alpha value is -1.27. The zero-order valence-corrected chi connectivity index (χ0v) is 10.7. The molecule has 0 fully saturated rings. The van der Waals surface area contributed by atoms with Crippen LogP contribution in [0.25, 0.3) is 11.7 Å². The number of hydrogen-bond acceptors (Lipinski definition) is 6. The van der Waals surface area contributed by atoms with Gasteiger partial charge in [-0.15, -0.1) is 0 Å². The first-order valence-corrected chi connectivity index (χ1v) is 6.47. The van der Waals surface area contributed by atoms with Crippen LogP contribution in [0.2, 0.25) is 0 Å². The van der Waals surface area contributed by atoms with Gasteiger partial charge in [-0.2, -0.15) is 16.7 Å². The number of nitrogens with two attached hydrogens (primary N) is 1. The predicted molar refractivity (Wildman–Crippen MR) is 66.3 cm³/mol. The van der Waals surface area contributed by atoms with E-state index in [1.54, 1.807) is 17.8 Å². The molecule has 2 aromatic rings. The monoisotopic (exact) mass is 253 g/mol. The molecular weight excluding hydrogens is 238 g/mol. The fourth-order valence-corrected chi connectivity index (χ4v) is 1.86. The average Bonchev–Trinajstić information content (AvgIpc) is 2.94. The van der Waals surface area contributed by atoms with Crippen molar-refractivity contribution in [3.8, 4) is 11.7 Å². The second-order valence-electron chi connectivity index (χ2n) is 3.85. The highest BCUT2D eigenvalue weighted by molar-refractivity contribution is 7.99. The van der Waals surface area contributed by atoms with Gasteiger partial charge >= 0.3 is 0 Å². The van der Waals surface area contributed by atoms with Crippen LogP contribution in [-0.4, -0.2) is 15.4 Å². The molecule has 0 radical (unpaired) electrons. The molecule has 2 N–H and O–H groups in total. The van der Waals surface area contributed by atoms with E-state index in [9.17, 15) is 0 Å². The molecule has 0 amide bonds. The Kier molecular flexibility index (Phi) is 3.86. The lowest BCUT2D eigenvalue weighted by atomic mass is 10.4. The van der Waals surface area contributed by atoms with Crippen LogP contribution in [0.3, 0.4) is 0 Å². The van der Waals surface area contributed by atoms with Gasteiger partial charge in [0.1, 0.15) is 5.76 Å². The Balaban J connectivity index is 2.07. The summed E-state index contributed by atoms with van der Waals surface area (Å²) in [6, 6.07) is 3.59. The Labute approximate surface area is 104 Å². The van der Waals surface area contributed by atoms with Crippen molar-refractivity contribution in [3.05, 3.63) is 23.7 Å². The van der Waals surface area contributed by atoms with Gasteiger partial charge in [-0.25, -0.2) is 0 Å². The average molecular weight is 253 g/mol. The van der Waals surface area contributed by atoms with E-state index in [1.165, 1.54) is 0 Å². The molecule has 0 spiro atoms. The van der Waals surface area contributed by atoms with Crippen LogP contribution in [0.15, 0.2) is 21.1 Å². The van der Waals surface area contributed by atoms with E-state index < -0.39 is 0 Å². The Morgan fingerprint density at radius 3 is 2.88 bits per heavy atom. The van der Waals surface area contributed by atoms with Gasteiger partial charge < -0.3 is 14.7 Å². The highest BCUT2D eigenvalue weighted by Crippen LogP contribution is 2.22. The third kappa shape index (κ3) is 3.10. The van der Waals surface area contributed by atoms with Crippen LogP contribution >= 0.6 is 11.8 Å². The van der Waals surface area contributed by atoms with E-state index in [0.29, 0.717) is 35.0 Å². The fourth-order valence-electron chi connectivity index (χ4n) is 1.26. The molecule has 5 nitrogen and oxygen atoms in total. The molecule has 0 atom stereocenters. The quantitative estimate of drug-likeness (QED) is 0.881. The van der Waals surface area contributed by atoms with Gasteiger partial charge in [0.2, 0.25) is 0 Å². The van der Waals surface area contributed by atoms with Gasteiger partial charge in [0.15, 0.2) is 11.6 Å². The molecule has 2 rings (SSSR count). The maximum atomic E-state index is 5.46. The van der Waals surface area contributed by atoms with Crippen LogP contribution < -0.4 is 5.73 Å². The zero-order valence-electron chi connectivity index (χ0n) is 9.84. The van der Waals surface area contributed by atoms with E-state index >= 15 is 0 Å². The third-order valence-electron chi connectivity index (χ3n) is 2.09. The molecule has 17 heavy (non-hydrogen) atoms. The number of thioether (sulfide) groups is 1. The zero-order chi connectivity index (χ0) is 12.3. The molecule has 0 saturated heterocycles. The Morgan fingerprint density at radius 1 is 1.41 bits per heavy atom. The lowest BCUT2D eigenvalue weighted by molar-refractivity contribution is 0.407. The number of rotatable bonds is 5. The van der Waals surface area contributed by atoms with Crippen LogP contribution in [0.1, 0.15) is 25.4 Å². The molecular formula is C11H15N3O2S. The summed E-state index contributed by atoms with van der Waals surface area (Å²) in [5, 5.41) is 4.45. The van der Waals surface area contributed by atoms with Crippen LogP contribution in [0, 0.1) is 0 Å². The smallest absolute Gasteiger partial charge is 0.293 e. The van der Waals surface area contributed by atoms with Gasteiger partial charge in [-0.1, -0.05) is 19.0 Å².